The number of ketones is 3. The van der Waals surface area contributed by atoms with Crippen LogP contribution in [-0.4, -0.2) is 111 Å². The zero-order valence-electron chi connectivity index (χ0n) is 44.1. The van der Waals surface area contributed by atoms with Crippen molar-refractivity contribution < 1.29 is 68.5 Å². The minimum absolute atomic E-state index is 0.0429. The SMILES string of the molecule is C/C=C/C(C)=C/C=C/C(C)=C/C=C/C=C(C)/C=C/C=C(C)/C=C/C1=C(C)C(=O)C(OC(=O)CCC(=O)OCC(O)C(O)C(O)C(O)CO)CC1(C)C.CC(=O)CCC(=O)OC1CC(C)(C)C(C)=C(C)C1=O. The van der Waals surface area contributed by atoms with E-state index in [0.717, 1.165) is 27.9 Å². The molecule has 2 rings (SSSR count). The molecule has 0 aliphatic heterocycles. The molecular formula is C57H80O14. The lowest BCUT2D eigenvalue weighted by Gasteiger charge is -2.36. The molecule has 0 saturated carbocycles. The molecule has 0 aromatic carbocycles. The van der Waals surface area contributed by atoms with Gasteiger partial charge in [0.25, 0.3) is 0 Å². The fourth-order valence-corrected chi connectivity index (χ4v) is 7.38. The fourth-order valence-electron chi connectivity index (χ4n) is 7.38. The largest absolute Gasteiger partial charge is 0.463 e. The highest BCUT2D eigenvalue weighted by Gasteiger charge is 2.41. The number of esters is 3. The molecule has 14 nitrogen and oxygen atoms in total. The number of aliphatic hydroxyl groups is 5. The van der Waals surface area contributed by atoms with Crippen LogP contribution in [0.25, 0.3) is 0 Å². The molecule has 0 amide bonds. The van der Waals surface area contributed by atoms with E-state index in [4.69, 9.17) is 19.3 Å². The van der Waals surface area contributed by atoms with Crippen molar-refractivity contribution >= 4 is 35.3 Å². The predicted molar refractivity (Wildman–Crippen MR) is 275 cm³/mol. The van der Waals surface area contributed by atoms with Gasteiger partial charge in [0.1, 0.15) is 36.8 Å². The van der Waals surface area contributed by atoms with Crippen LogP contribution in [-0.2, 0) is 43.0 Å². The van der Waals surface area contributed by atoms with Crippen molar-refractivity contribution in [3.05, 3.63) is 130 Å². The Labute approximate surface area is 421 Å². The molecule has 0 radical (unpaired) electrons. The molecule has 0 spiro atoms. The van der Waals surface area contributed by atoms with Crippen molar-refractivity contribution in [2.24, 2.45) is 10.8 Å². The smallest absolute Gasteiger partial charge is 0.307 e. The van der Waals surface area contributed by atoms with Crippen molar-refractivity contribution in [1.29, 1.82) is 0 Å². The molecule has 0 fully saturated rings. The number of Topliss-reactive ketones (excluding diaryl/α,β-unsaturated/α-hetero) is 3. The lowest BCUT2D eigenvalue weighted by atomic mass is 9.71. The highest BCUT2D eigenvalue weighted by Crippen LogP contribution is 2.41. The van der Waals surface area contributed by atoms with E-state index in [0.29, 0.717) is 17.6 Å². The van der Waals surface area contributed by atoms with Crippen LogP contribution in [0.4, 0.5) is 0 Å². The van der Waals surface area contributed by atoms with E-state index in [1.54, 1.807) is 13.8 Å². The Balaban J connectivity index is 0.00000110. The number of hydrogen-bond donors (Lipinski definition) is 5. The molecular weight excluding hydrogens is 909 g/mol. The van der Waals surface area contributed by atoms with Crippen LogP contribution in [0.15, 0.2) is 130 Å². The molecule has 71 heavy (non-hydrogen) atoms. The Kier molecular flexibility index (Phi) is 27.6. The van der Waals surface area contributed by atoms with E-state index >= 15 is 0 Å². The lowest BCUT2D eigenvalue weighted by molar-refractivity contribution is -0.161. The average molecular weight is 989 g/mol. The first kappa shape index (κ1) is 63.4. The first-order valence-corrected chi connectivity index (χ1v) is 24.0. The van der Waals surface area contributed by atoms with Crippen LogP contribution >= 0.6 is 0 Å². The number of carbonyl (C=O) groups is 6. The molecule has 6 atom stereocenters. The third-order valence-corrected chi connectivity index (χ3v) is 12.1. The van der Waals surface area contributed by atoms with Crippen LogP contribution in [0.2, 0.25) is 0 Å². The summed E-state index contributed by atoms with van der Waals surface area (Å²) in [7, 11) is 0. The number of carbonyl (C=O) groups excluding carboxylic acids is 6. The van der Waals surface area contributed by atoms with Gasteiger partial charge in [-0.3, -0.25) is 24.0 Å². The van der Waals surface area contributed by atoms with Crippen LogP contribution in [0.1, 0.15) is 129 Å². The average Bonchev–Trinajstić information content (AvgIpc) is 3.30. The van der Waals surface area contributed by atoms with Gasteiger partial charge < -0.3 is 44.5 Å². The van der Waals surface area contributed by atoms with E-state index in [-0.39, 0.29) is 48.4 Å². The summed E-state index contributed by atoms with van der Waals surface area (Å²) in [5, 5.41) is 47.5. The number of rotatable bonds is 23. The van der Waals surface area contributed by atoms with Crippen molar-refractivity contribution in [3.8, 4) is 0 Å². The van der Waals surface area contributed by atoms with Gasteiger partial charge in [-0.05, 0) is 89.9 Å². The second kappa shape index (κ2) is 31.0. The second-order valence-corrected chi connectivity index (χ2v) is 19.4. The summed E-state index contributed by atoms with van der Waals surface area (Å²) in [6.07, 6.45) is 19.4. The van der Waals surface area contributed by atoms with Gasteiger partial charge in [0, 0.05) is 19.3 Å². The quantitative estimate of drug-likeness (QED) is 0.0370. The van der Waals surface area contributed by atoms with E-state index in [1.807, 2.05) is 122 Å². The molecule has 0 aromatic rings. The van der Waals surface area contributed by atoms with Gasteiger partial charge in [-0.2, -0.15) is 0 Å². The van der Waals surface area contributed by atoms with Gasteiger partial charge in [0.2, 0.25) is 0 Å². The number of ether oxygens (including phenoxy) is 3. The predicted octanol–water partition coefficient (Wildman–Crippen LogP) is 8.16. The number of hydrogen-bond acceptors (Lipinski definition) is 14. The summed E-state index contributed by atoms with van der Waals surface area (Å²) in [6, 6.07) is 0. The summed E-state index contributed by atoms with van der Waals surface area (Å²) in [5.41, 5.74) is 6.81. The Bertz CT molecular complexity index is 2230. The minimum Gasteiger partial charge on any atom is -0.463 e. The van der Waals surface area contributed by atoms with Gasteiger partial charge in [-0.15, -0.1) is 0 Å². The normalized spacial score (nSPS) is 21.0. The molecule has 0 bridgehead atoms. The molecule has 2 aliphatic carbocycles. The first-order chi connectivity index (χ1) is 33.1. The van der Waals surface area contributed by atoms with Crippen LogP contribution < -0.4 is 0 Å². The molecule has 0 saturated heterocycles. The third kappa shape index (κ3) is 23.0. The Hall–Kier alpha value is -5.64. The Morgan fingerprint density at radius 3 is 1.51 bits per heavy atom. The lowest BCUT2D eigenvalue weighted by Crippen LogP contribution is -2.47. The second-order valence-electron chi connectivity index (χ2n) is 19.4. The fraction of sp³-hybridized carbons (Fsp3) is 0.509. The van der Waals surface area contributed by atoms with Gasteiger partial charge in [0.05, 0.1) is 25.9 Å². The van der Waals surface area contributed by atoms with Crippen molar-refractivity contribution in [1.82, 2.24) is 0 Å². The standard InChI is InChI=1S/C42H58O10.C15H22O4/c1-9-14-28(2)17-12-18-29(3)15-10-11-16-30(4)19-13-20-31(5)21-22-33-32(6)39(48)36(25-42(33,7)8)52-38(47)24-23-37(46)51-27-35(45)41(50)40(49)34(44)26-43;1-9(16)6-7-13(17)19-12-8-15(4,5)11(3)10(2)14(12)18/h9-22,34-36,40-41,43-45,49-50H,23-27H2,1-8H3;12H,6-8H2,1-5H3/b11-10+,14-9+,18-12+,19-13+,22-21+,28-17+,29-15+,30-16+,31-20+;. The van der Waals surface area contributed by atoms with E-state index in [2.05, 4.69) is 32.1 Å². The zero-order chi connectivity index (χ0) is 54.2. The van der Waals surface area contributed by atoms with Gasteiger partial charge in [0.15, 0.2) is 23.8 Å². The summed E-state index contributed by atoms with van der Waals surface area (Å²) in [4.78, 5) is 72.3. The molecule has 0 aromatic heterocycles. The number of allylic oxidation sites excluding steroid dienone is 20. The maximum absolute atomic E-state index is 13.2. The summed E-state index contributed by atoms with van der Waals surface area (Å²) in [6.45, 7) is 23.4. The van der Waals surface area contributed by atoms with Gasteiger partial charge >= 0.3 is 17.9 Å². The zero-order valence-corrected chi connectivity index (χ0v) is 44.1. The van der Waals surface area contributed by atoms with Gasteiger partial charge in [-0.25, -0.2) is 0 Å². The van der Waals surface area contributed by atoms with Crippen LogP contribution in [0.5, 0.6) is 0 Å². The topological polar surface area (TPSA) is 231 Å². The van der Waals surface area contributed by atoms with E-state index < -0.39 is 79.6 Å². The molecule has 0 heterocycles. The molecule has 2 aliphatic rings. The summed E-state index contributed by atoms with van der Waals surface area (Å²) >= 11 is 0. The molecule has 5 N–H and O–H groups in total. The third-order valence-electron chi connectivity index (χ3n) is 12.1. The highest BCUT2D eigenvalue weighted by molar-refractivity contribution is 6.02. The van der Waals surface area contributed by atoms with E-state index in [9.17, 15) is 49.2 Å². The molecule has 392 valence electrons. The van der Waals surface area contributed by atoms with Crippen LogP contribution in [0.3, 0.4) is 0 Å². The van der Waals surface area contributed by atoms with Crippen molar-refractivity contribution in [2.45, 2.75) is 165 Å². The highest BCUT2D eigenvalue weighted by atomic mass is 16.6. The first-order valence-electron chi connectivity index (χ1n) is 24.0. The van der Waals surface area contributed by atoms with Crippen molar-refractivity contribution in [3.63, 3.8) is 0 Å². The Morgan fingerprint density at radius 1 is 0.592 bits per heavy atom. The minimum atomic E-state index is -1.88. The maximum atomic E-state index is 13.2. The van der Waals surface area contributed by atoms with Gasteiger partial charge in [-0.1, -0.05) is 141 Å². The van der Waals surface area contributed by atoms with Crippen LogP contribution in [0, 0.1) is 10.8 Å². The Morgan fingerprint density at radius 2 is 1.01 bits per heavy atom. The molecule has 14 heteroatoms. The maximum Gasteiger partial charge on any atom is 0.307 e. The molecule has 6 unspecified atom stereocenters. The number of aliphatic hydroxyl groups excluding tert-OH is 5. The van der Waals surface area contributed by atoms with Crippen molar-refractivity contribution in [2.75, 3.05) is 13.2 Å². The summed E-state index contributed by atoms with van der Waals surface area (Å²) in [5.74, 6) is -2.62. The van der Waals surface area contributed by atoms with E-state index in [1.165, 1.54) is 12.5 Å². The summed E-state index contributed by atoms with van der Waals surface area (Å²) < 4.78 is 15.5. The monoisotopic (exact) mass is 989 g/mol.